The van der Waals surface area contributed by atoms with Gasteiger partial charge < -0.3 is 55.0 Å². The molecule has 0 spiro atoms. The van der Waals surface area contributed by atoms with E-state index in [9.17, 15) is 28.8 Å². The maximum absolute atomic E-state index is 13.4. The molecule has 8 heterocycles. The third-order valence-corrected chi connectivity index (χ3v) is 14.5. The minimum Gasteiger partial charge on any atom is -0.474 e. The average molecular weight is 1120 g/mol. The minimum atomic E-state index is -1.58. The molecule has 4 fully saturated rings. The van der Waals surface area contributed by atoms with Gasteiger partial charge in [-0.25, -0.2) is 14.8 Å². The Morgan fingerprint density at radius 3 is 1.47 bits per heavy atom. The van der Waals surface area contributed by atoms with Gasteiger partial charge in [-0.05, 0) is 160 Å². The number of hydrogen-bond donors (Lipinski definition) is 4. The van der Waals surface area contributed by atoms with Crippen molar-refractivity contribution >= 4 is 58.6 Å². The van der Waals surface area contributed by atoms with Crippen molar-refractivity contribution in [3.8, 4) is 0 Å². The summed E-state index contributed by atoms with van der Waals surface area (Å²) in [6.07, 6.45) is 11.0. The summed E-state index contributed by atoms with van der Waals surface area (Å²) in [4.78, 5) is 101. The van der Waals surface area contributed by atoms with Gasteiger partial charge in [0.1, 0.15) is 22.8 Å². The van der Waals surface area contributed by atoms with Gasteiger partial charge in [0.25, 0.3) is 0 Å². The number of likely N-dealkylation sites (N-methyl/N-ethyl adjacent to an activating group) is 2. The number of rotatable bonds is 10. The molecule has 440 valence electrons. The number of carboxylic acids is 1. The number of aryl methyl sites for hydroxylation is 2. The summed E-state index contributed by atoms with van der Waals surface area (Å²) in [6, 6.07) is 12.1. The molecule has 0 saturated carbocycles. The molecular weight excluding hydrogens is 1030 g/mol. The number of aromatic nitrogens is 4. The molecule has 4 unspecified atom stereocenters. The maximum atomic E-state index is 13.4. The number of carboxylic acid groups (broad SMARTS) is 1. The maximum Gasteiger partial charge on any atom is 0.394 e. The van der Waals surface area contributed by atoms with Crippen LogP contribution in [0.15, 0.2) is 61.2 Å². The first-order valence-corrected chi connectivity index (χ1v) is 28.2. The minimum absolute atomic E-state index is 0.0102. The lowest BCUT2D eigenvalue weighted by Gasteiger charge is -2.38. The second-order valence-corrected chi connectivity index (χ2v) is 24.0. The van der Waals surface area contributed by atoms with Crippen LogP contribution in [0.1, 0.15) is 127 Å². The zero-order valence-corrected chi connectivity index (χ0v) is 49.6. The molecule has 21 nitrogen and oxygen atoms in total. The number of carbonyl (C=O) groups is 6. The van der Waals surface area contributed by atoms with Gasteiger partial charge in [-0.3, -0.25) is 33.9 Å². The van der Waals surface area contributed by atoms with Gasteiger partial charge in [0.2, 0.25) is 0 Å². The van der Waals surface area contributed by atoms with E-state index in [1.807, 2.05) is 46.0 Å². The van der Waals surface area contributed by atoms with Gasteiger partial charge >= 0.3 is 35.6 Å². The molecule has 0 aliphatic carbocycles. The van der Waals surface area contributed by atoms with E-state index in [0.717, 1.165) is 100 Å². The molecule has 4 atom stereocenters. The average Bonchev–Trinajstić information content (AvgIpc) is 3.44. The molecule has 0 radical (unpaired) electrons. The second-order valence-electron chi connectivity index (χ2n) is 24.0. The molecule has 0 aromatic carbocycles. The largest absolute Gasteiger partial charge is 0.474 e. The number of pyridine rings is 4. The van der Waals surface area contributed by atoms with Crippen molar-refractivity contribution in [3.05, 3.63) is 94.8 Å². The number of nitrogens with zero attached hydrogens (tertiary/aromatic N) is 9. The van der Waals surface area contributed by atoms with Gasteiger partial charge in [0.15, 0.2) is 0 Å². The Bertz CT molecular complexity index is 2740. The van der Waals surface area contributed by atoms with Crippen LogP contribution in [0.5, 0.6) is 0 Å². The zero-order valence-electron chi connectivity index (χ0n) is 49.6. The summed E-state index contributed by atoms with van der Waals surface area (Å²) in [5, 5.41) is 17.0. The lowest BCUT2D eigenvalue weighted by Crippen LogP contribution is -2.46. The highest BCUT2D eigenvalue weighted by molar-refractivity contribution is 6.39. The predicted molar refractivity (Wildman–Crippen MR) is 312 cm³/mol. The fourth-order valence-electron chi connectivity index (χ4n) is 9.89. The van der Waals surface area contributed by atoms with Crippen LogP contribution in [0.4, 0.5) is 23.0 Å². The molecule has 81 heavy (non-hydrogen) atoms. The third-order valence-electron chi connectivity index (χ3n) is 14.5. The van der Waals surface area contributed by atoms with Crippen molar-refractivity contribution in [3.63, 3.8) is 0 Å². The Labute approximate surface area is 478 Å². The molecule has 4 aliphatic heterocycles. The van der Waals surface area contributed by atoms with Crippen molar-refractivity contribution in [1.82, 2.24) is 40.0 Å². The van der Waals surface area contributed by atoms with Gasteiger partial charge in [-0.15, -0.1) is 0 Å². The first kappa shape index (κ1) is 63.1. The van der Waals surface area contributed by atoms with E-state index in [1.54, 1.807) is 44.7 Å². The van der Waals surface area contributed by atoms with Crippen LogP contribution in [0.2, 0.25) is 0 Å². The first-order chi connectivity index (χ1) is 38.2. The molecule has 4 N–H and O–H groups in total. The van der Waals surface area contributed by atoms with Gasteiger partial charge in [0.05, 0.1) is 54.0 Å². The van der Waals surface area contributed by atoms with E-state index in [2.05, 4.69) is 96.8 Å². The van der Waals surface area contributed by atoms with Crippen LogP contribution in [0, 0.1) is 25.7 Å². The number of carbonyl (C=O) groups excluding carboxylic acids is 5. The van der Waals surface area contributed by atoms with Crippen molar-refractivity contribution in [1.29, 1.82) is 0 Å². The van der Waals surface area contributed by atoms with E-state index in [4.69, 9.17) is 19.6 Å². The summed E-state index contributed by atoms with van der Waals surface area (Å²) < 4.78 is 10.6. The summed E-state index contributed by atoms with van der Waals surface area (Å²) >= 11 is 0. The molecule has 4 aromatic heterocycles. The number of esters is 2. The van der Waals surface area contributed by atoms with Crippen LogP contribution < -0.4 is 25.8 Å². The highest BCUT2D eigenvalue weighted by atomic mass is 16.6. The molecule has 8 rings (SSSR count). The van der Waals surface area contributed by atoms with E-state index in [0.29, 0.717) is 41.1 Å². The lowest BCUT2D eigenvalue weighted by atomic mass is 9.90. The molecule has 3 amide bonds. The van der Waals surface area contributed by atoms with E-state index in [1.165, 1.54) is 30.8 Å². The number of piperidine rings is 2. The van der Waals surface area contributed by atoms with Crippen LogP contribution >= 0.6 is 0 Å². The van der Waals surface area contributed by atoms with Crippen molar-refractivity contribution < 1.29 is 43.3 Å². The van der Waals surface area contributed by atoms with Crippen molar-refractivity contribution in [2.45, 2.75) is 131 Å². The molecule has 4 aliphatic rings. The monoisotopic (exact) mass is 1120 g/mol. The molecule has 21 heteroatoms. The van der Waals surface area contributed by atoms with Gasteiger partial charge in [-0.1, -0.05) is 26.0 Å². The summed E-state index contributed by atoms with van der Waals surface area (Å²) in [5.41, 5.74) is 4.26. The Morgan fingerprint density at radius 1 is 0.605 bits per heavy atom. The highest BCUT2D eigenvalue weighted by Crippen LogP contribution is 2.34. The number of hydrogen-bond acceptors (Lipinski definition) is 17. The van der Waals surface area contributed by atoms with Gasteiger partial charge in [-0.2, -0.15) is 0 Å². The molecular formula is C60H86N12O9. The smallest absolute Gasteiger partial charge is 0.394 e. The van der Waals surface area contributed by atoms with Crippen LogP contribution in [-0.2, 0) is 51.1 Å². The second kappa shape index (κ2) is 28.5. The Kier molecular flexibility index (Phi) is 22.2. The van der Waals surface area contributed by atoms with Gasteiger partial charge in [0, 0.05) is 77.3 Å². The summed E-state index contributed by atoms with van der Waals surface area (Å²) in [5.74, 6) is -1.60. The molecule has 4 aromatic rings. The van der Waals surface area contributed by atoms with Crippen LogP contribution in [-0.4, -0.2) is 166 Å². The third kappa shape index (κ3) is 19.8. The number of likely N-dealkylation sites (tertiary alicyclic amines) is 1. The molecule has 4 saturated heterocycles. The number of ether oxygens (including phenoxy) is 2. The van der Waals surface area contributed by atoms with Crippen LogP contribution in [0.25, 0.3) is 0 Å². The van der Waals surface area contributed by atoms with Crippen LogP contribution in [0.3, 0.4) is 0 Å². The normalized spacial score (nSPS) is 19.9. The number of anilines is 4. The summed E-state index contributed by atoms with van der Waals surface area (Å²) in [6.45, 7) is 28.6. The fourth-order valence-corrected chi connectivity index (χ4v) is 9.89. The van der Waals surface area contributed by atoms with E-state index >= 15 is 0 Å². The summed E-state index contributed by atoms with van der Waals surface area (Å²) in [7, 11) is 4.31. The Morgan fingerprint density at radius 2 is 1.06 bits per heavy atom. The SMILES string of the molecule is CC1CCC(c2ccc(N3CCN(C)CC3)nc2)NC1.Cc1cc(NC(=O)C(=O)N2CC(C)CCC2c2ccc(N3CCN(C)CC3)nc2)cnc1CC(=O)OC(C)(C)C.Cc1cc(NC(=O)C(=O)O)cnc1CC(=O)OC(C)(C)C. The Balaban J connectivity index is 0.000000216. The lowest BCUT2D eigenvalue weighted by molar-refractivity contribution is -0.155. The molecule has 0 bridgehead atoms. The number of amides is 3. The first-order valence-electron chi connectivity index (χ1n) is 28.2. The Hall–Kier alpha value is -7.10. The number of nitrogens with one attached hydrogen (secondary N) is 3. The number of aliphatic carboxylic acids is 1. The highest BCUT2D eigenvalue weighted by Gasteiger charge is 2.35. The van der Waals surface area contributed by atoms with Crippen molar-refractivity contribution in [2.24, 2.45) is 11.8 Å². The fraction of sp³-hybridized carbons (Fsp3) is 0.567. The standard InChI is InChI=1S/C30H42N6O4.C16H26N4.C14H18N2O5/c1-20-7-9-25(22-8-10-26(32-17-22)35-13-11-34(6)12-14-35)36(19-20)29(39)28(38)33-23-15-21(2)24(31-18-23)16-27(37)40-30(3,4)5;1-13-3-5-15(17-11-13)14-4-6-16(18-12-14)20-9-7-19(2)8-10-20;1-8-5-9(16-12(18)13(19)20)7-15-10(8)6-11(17)21-14(2,3)4/h8,10,15,17-18,20,25H,7,9,11-14,16,19H2,1-6H3,(H,33,38);4,6,12-13,15,17H,3,5,7-11H2,1-2H3;5,7H,6H2,1-4H3,(H,16,18)(H,19,20). The van der Waals surface area contributed by atoms with E-state index < -0.39 is 40.9 Å². The topological polar surface area (TPSA) is 245 Å². The van der Waals surface area contributed by atoms with Crippen molar-refractivity contribution in [2.75, 3.05) is 100.0 Å². The predicted octanol–water partition coefficient (Wildman–Crippen LogP) is 6.55. The van der Waals surface area contributed by atoms with E-state index in [-0.39, 0.29) is 30.5 Å². The zero-order chi connectivity index (χ0) is 59.2. The number of piperazine rings is 2. The quantitative estimate of drug-likeness (QED) is 0.0971.